The molecule has 3 rings (SSSR count). The fourth-order valence-electron chi connectivity index (χ4n) is 2.92. The van der Waals surface area contributed by atoms with Gasteiger partial charge >= 0.3 is 0 Å². The third-order valence-electron chi connectivity index (χ3n) is 4.58. The first-order valence-electron chi connectivity index (χ1n) is 8.07. The van der Waals surface area contributed by atoms with E-state index in [-0.39, 0.29) is 24.7 Å². The molecule has 1 aromatic rings. The monoisotopic (exact) mass is 344 g/mol. The van der Waals surface area contributed by atoms with Gasteiger partial charge in [-0.1, -0.05) is 6.07 Å². The number of hydrogen-bond acceptors (Lipinski definition) is 2. The molecule has 2 aliphatic rings. The molecule has 1 saturated carbocycles. The van der Waals surface area contributed by atoms with Crippen molar-refractivity contribution in [1.82, 2.24) is 10.2 Å². The highest BCUT2D eigenvalue weighted by atomic mass is 35.5. The zero-order valence-corrected chi connectivity index (χ0v) is 13.9. The van der Waals surface area contributed by atoms with Crippen molar-refractivity contribution < 1.29 is 13.6 Å². The predicted molar refractivity (Wildman–Crippen MR) is 87.6 cm³/mol. The van der Waals surface area contributed by atoms with E-state index >= 15 is 0 Å². The number of nitrogens with zero attached hydrogens (tertiary/aromatic N) is 1. The SMILES string of the molecule is Cl.O=C(Cc1ccc(F)c(F)c1)N1CCC(NCC2CC2)CC1. The smallest absolute Gasteiger partial charge is 0.226 e. The van der Waals surface area contributed by atoms with E-state index in [1.54, 1.807) is 0 Å². The molecule has 128 valence electrons. The van der Waals surface area contributed by atoms with Crippen LogP contribution >= 0.6 is 12.4 Å². The molecule has 0 atom stereocenters. The molecule has 1 heterocycles. The summed E-state index contributed by atoms with van der Waals surface area (Å²) in [6, 6.07) is 4.16. The minimum absolute atomic E-state index is 0. The maximum atomic E-state index is 13.2. The van der Waals surface area contributed by atoms with Gasteiger partial charge in [0.1, 0.15) is 0 Å². The second kappa shape index (κ2) is 8.06. The van der Waals surface area contributed by atoms with Crippen molar-refractivity contribution in [3.8, 4) is 0 Å². The molecular formula is C17H23ClF2N2O. The molecule has 1 saturated heterocycles. The Morgan fingerprint density at radius 2 is 1.83 bits per heavy atom. The maximum Gasteiger partial charge on any atom is 0.226 e. The summed E-state index contributed by atoms with van der Waals surface area (Å²) in [6.07, 6.45) is 4.76. The number of benzene rings is 1. The van der Waals surface area contributed by atoms with Crippen molar-refractivity contribution in [3.05, 3.63) is 35.4 Å². The number of carbonyl (C=O) groups excluding carboxylic acids is 1. The summed E-state index contributed by atoms with van der Waals surface area (Å²) < 4.78 is 26.1. The zero-order chi connectivity index (χ0) is 15.5. The summed E-state index contributed by atoms with van der Waals surface area (Å²) >= 11 is 0. The molecule has 0 spiro atoms. The maximum absolute atomic E-state index is 13.2. The van der Waals surface area contributed by atoms with E-state index in [1.165, 1.54) is 18.9 Å². The highest BCUT2D eigenvalue weighted by Crippen LogP contribution is 2.28. The Hall–Kier alpha value is -1.20. The van der Waals surface area contributed by atoms with Crippen LogP contribution in [0, 0.1) is 17.6 Å². The van der Waals surface area contributed by atoms with Crippen LogP contribution in [-0.4, -0.2) is 36.5 Å². The molecule has 1 aromatic carbocycles. The van der Waals surface area contributed by atoms with Crippen LogP contribution in [0.2, 0.25) is 0 Å². The second-order valence-electron chi connectivity index (χ2n) is 6.43. The van der Waals surface area contributed by atoms with Crippen LogP contribution in [0.5, 0.6) is 0 Å². The fraction of sp³-hybridized carbons (Fsp3) is 0.588. The van der Waals surface area contributed by atoms with Crippen LogP contribution in [-0.2, 0) is 11.2 Å². The quantitative estimate of drug-likeness (QED) is 0.890. The lowest BCUT2D eigenvalue weighted by Gasteiger charge is -2.32. The van der Waals surface area contributed by atoms with E-state index in [0.29, 0.717) is 11.6 Å². The topological polar surface area (TPSA) is 32.3 Å². The summed E-state index contributed by atoms with van der Waals surface area (Å²) in [4.78, 5) is 14.1. The lowest BCUT2D eigenvalue weighted by atomic mass is 10.0. The molecule has 1 N–H and O–H groups in total. The van der Waals surface area contributed by atoms with Gasteiger partial charge in [0.15, 0.2) is 11.6 Å². The van der Waals surface area contributed by atoms with Gasteiger partial charge in [-0.25, -0.2) is 8.78 Å². The number of rotatable bonds is 5. The molecule has 0 bridgehead atoms. The number of piperidine rings is 1. The largest absolute Gasteiger partial charge is 0.342 e. The minimum Gasteiger partial charge on any atom is -0.342 e. The zero-order valence-electron chi connectivity index (χ0n) is 13.1. The summed E-state index contributed by atoms with van der Waals surface area (Å²) in [5, 5.41) is 3.58. The van der Waals surface area contributed by atoms with E-state index in [0.717, 1.165) is 50.5 Å². The van der Waals surface area contributed by atoms with E-state index in [1.807, 2.05) is 4.90 Å². The van der Waals surface area contributed by atoms with E-state index < -0.39 is 11.6 Å². The molecule has 2 fully saturated rings. The van der Waals surface area contributed by atoms with Crippen LogP contribution in [0.15, 0.2) is 18.2 Å². The molecule has 1 amide bonds. The number of halogens is 3. The molecule has 3 nitrogen and oxygen atoms in total. The van der Waals surface area contributed by atoms with Crippen molar-refractivity contribution in [2.75, 3.05) is 19.6 Å². The molecule has 23 heavy (non-hydrogen) atoms. The summed E-state index contributed by atoms with van der Waals surface area (Å²) in [6.45, 7) is 2.59. The van der Waals surface area contributed by atoms with Crippen LogP contribution < -0.4 is 5.32 Å². The normalized spacial score (nSPS) is 18.6. The summed E-state index contributed by atoms with van der Waals surface area (Å²) in [5.41, 5.74) is 0.526. The van der Waals surface area contributed by atoms with Gasteiger partial charge in [0.25, 0.3) is 0 Å². The number of carbonyl (C=O) groups is 1. The second-order valence-corrected chi connectivity index (χ2v) is 6.43. The Labute approximate surface area is 141 Å². The Kier molecular flexibility index (Phi) is 6.36. The number of hydrogen-bond donors (Lipinski definition) is 1. The van der Waals surface area contributed by atoms with Crippen molar-refractivity contribution in [2.24, 2.45) is 5.92 Å². The third-order valence-corrected chi connectivity index (χ3v) is 4.58. The fourth-order valence-corrected chi connectivity index (χ4v) is 2.92. The molecular weight excluding hydrogens is 322 g/mol. The average molecular weight is 345 g/mol. The predicted octanol–water partition coefficient (Wildman–Crippen LogP) is 2.92. The van der Waals surface area contributed by atoms with Crippen molar-refractivity contribution >= 4 is 18.3 Å². The van der Waals surface area contributed by atoms with Gasteiger partial charge in [-0.2, -0.15) is 0 Å². The molecule has 0 unspecified atom stereocenters. The summed E-state index contributed by atoms with van der Waals surface area (Å²) in [7, 11) is 0. The Morgan fingerprint density at radius 3 is 2.43 bits per heavy atom. The third kappa shape index (κ3) is 5.15. The van der Waals surface area contributed by atoms with Gasteiger partial charge in [-0.05, 0) is 55.8 Å². The first-order chi connectivity index (χ1) is 10.6. The first kappa shape index (κ1) is 18.1. The van der Waals surface area contributed by atoms with Crippen molar-refractivity contribution in [2.45, 2.75) is 38.1 Å². The van der Waals surface area contributed by atoms with Crippen LogP contribution in [0.3, 0.4) is 0 Å². The van der Waals surface area contributed by atoms with Crippen LogP contribution in [0.1, 0.15) is 31.2 Å². The van der Waals surface area contributed by atoms with Crippen molar-refractivity contribution in [3.63, 3.8) is 0 Å². The van der Waals surface area contributed by atoms with Gasteiger partial charge in [0, 0.05) is 19.1 Å². The van der Waals surface area contributed by atoms with Gasteiger partial charge in [-0.3, -0.25) is 4.79 Å². The average Bonchev–Trinajstić information content (AvgIpc) is 3.34. The van der Waals surface area contributed by atoms with E-state index in [4.69, 9.17) is 0 Å². The molecule has 1 aliphatic heterocycles. The highest BCUT2D eigenvalue weighted by Gasteiger charge is 2.26. The van der Waals surface area contributed by atoms with Gasteiger partial charge in [0.05, 0.1) is 6.42 Å². The van der Waals surface area contributed by atoms with Gasteiger partial charge in [0.2, 0.25) is 5.91 Å². The van der Waals surface area contributed by atoms with Crippen LogP contribution in [0.4, 0.5) is 8.78 Å². The standard InChI is InChI=1S/C17H22F2N2O.ClH/c18-15-4-3-13(9-16(15)19)10-17(22)21-7-5-14(6-8-21)20-11-12-1-2-12;/h3-4,9,12,14,20H,1-2,5-8,10-11H2;1H. The van der Waals surface area contributed by atoms with Gasteiger partial charge < -0.3 is 10.2 Å². The Bertz CT molecular complexity index is 543. The Balaban J connectivity index is 0.00000192. The Morgan fingerprint density at radius 1 is 1.13 bits per heavy atom. The number of likely N-dealkylation sites (tertiary alicyclic amines) is 1. The van der Waals surface area contributed by atoms with Crippen LogP contribution in [0.25, 0.3) is 0 Å². The highest BCUT2D eigenvalue weighted by molar-refractivity contribution is 5.85. The van der Waals surface area contributed by atoms with Gasteiger partial charge in [-0.15, -0.1) is 12.4 Å². The molecule has 0 aromatic heterocycles. The number of nitrogens with one attached hydrogen (secondary N) is 1. The number of amides is 1. The molecule has 0 radical (unpaired) electrons. The lowest BCUT2D eigenvalue weighted by molar-refractivity contribution is -0.131. The first-order valence-corrected chi connectivity index (χ1v) is 8.07. The summed E-state index contributed by atoms with van der Waals surface area (Å²) in [5.74, 6) is -0.910. The molecule has 6 heteroatoms. The van der Waals surface area contributed by atoms with E-state index in [2.05, 4.69) is 5.32 Å². The molecule has 1 aliphatic carbocycles. The minimum atomic E-state index is -0.895. The van der Waals surface area contributed by atoms with Crippen molar-refractivity contribution in [1.29, 1.82) is 0 Å². The van der Waals surface area contributed by atoms with E-state index in [9.17, 15) is 13.6 Å². The lowest BCUT2D eigenvalue weighted by Crippen LogP contribution is -2.45.